The molecule has 0 saturated heterocycles. The van der Waals surface area contributed by atoms with E-state index in [0.29, 0.717) is 18.0 Å². The molecule has 1 aliphatic heterocycles. The Balaban J connectivity index is 1.54. The molecule has 1 unspecified atom stereocenters. The number of nitrogens with one attached hydrogen (secondary N) is 1. The van der Waals surface area contributed by atoms with Crippen molar-refractivity contribution in [2.45, 2.75) is 6.10 Å². The number of hydrogen-bond acceptors (Lipinski definition) is 6. The van der Waals surface area contributed by atoms with Crippen LogP contribution in [-0.2, 0) is 9.53 Å². The van der Waals surface area contributed by atoms with Crippen molar-refractivity contribution in [1.82, 2.24) is 5.32 Å². The lowest BCUT2D eigenvalue weighted by Gasteiger charge is -2.16. The third kappa shape index (κ3) is 4.82. The molecule has 2 heterocycles. The van der Waals surface area contributed by atoms with Gasteiger partial charge in [0, 0.05) is 17.5 Å². The minimum atomic E-state index is -0.268. The molecular formula is C18H19NO5S. The molecule has 1 atom stereocenters. The van der Waals surface area contributed by atoms with Gasteiger partial charge in [0.15, 0.2) is 11.5 Å². The van der Waals surface area contributed by atoms with Crippen LogP contribution < -0.4 is 14.8 Å². The van der Waals surface area contributed by atoms with Crippen molar-refractivity contribution in [1.29, 1.82) is 0 Å². The number of rotatable bonds is 8. The maximum atomic E-state index is 12.0. The number of ether oxygens (including phenoxy) is 3. The summed E-state index contributed by atoms with van der Waals surface area (Å²) < 4.78 is 16.2. The SMILES string of the molecule is O=C(C=Cc1ccc2c(c1)OCO2)NCC(OCCO)c1cccs1. The van der Waals surface area contributed by atoms with E-state index in [4.69, 9.17) is 19.3 Å². The summed E-state index contributed by atoms with van der Waals surface area (Å²) in [4.78, 5) is 13.1. The van der Waals surface area contributed by atoms with Gasteiger partial charge in [0.1, 0.15) is 6.10 Å². The molecule has 2 N–H and O–H groups in total. The lowest BCUT2D eigenvalue weighted by atomic mass is 10.2. The van der Waals surface area contributed by atoms with Gasteiger partial charge in [0.05, 0.1) is 13.2 Å². The molecule has 6 nitrogen and oxygen atoms in total. The highest BCUT2D eigenvalue weighted by Gasteiger charge is 2.14. The van der Waals surface area contributed by atoms with Crippen molar-refractivity contribution in [2.75, 3.05) is 26.6 Å². The maximum Gasteiger partial charge on any atom is 0.244 e. The summed E-state index contributed by atoms with van der Waals surface area (Å²) in [5.41, 5.74) is 0.853. The van der Waals surface area contributed by atoms with E-state index >= 15 is 0 Å². The van der Waals surface area contributed by atoms with Crippen LogP contribution in [-0.4, -0.2) is 37.6 Å². The minimum Gasteiger partial charge on any atom is -0.454 e. The van der Waals surface area contributed by atoms with E-state index in [1.54, 1.807) is 17.4 Å². The average Bonchev–Trinajstić information content (AvgIpc) is 3.31. The van der Waals surface area contributed by atoms with Crippen LogP contribution >= 0.6 is 11.3 Å². The van der Waals surface area contributed by atoms with E-state index in [-0.39, 0.29) is 32.0 Å². The normalized spacial score (nSPS) is 14.0. The third-order valence-corrected chi connectivity index (χ3v) is 4.52. The predicted octanol–water partition coefficient (Wildman–Crippen LogP) is 2.36. The number of amides is 1. The van der Waals surface area contributed by atoms with Gasteiger partial charge in [0.25, 0.3) is 0 Å². The van der Waals surface area contributed by atoms with Crippen molar-refractivity contribution in [3.63, 3.8) is 0 Å². The average molecular weight is 361 g/mol. The highest BCUT2D eigenvalue weighted by molar-refractivity contribution is 7.10. The van der Waals surface area contributed by atoms with E-state index in [2.05, 4.69) is 5.32 Å². The van der Waals surface area contributed by atoms with Crippen molar-refractivity contribution < 1.29 is 24.1 Å². The summed E-state index contributed by atoms with van der Waals surface area (Å²) in [6.45, 7) is 0.733. The molecule has 1 aliphatic rings. The number of aliphatic hydroxyl groups is 1. The zero-order valence-corrected chi connectivity index (χ0v) is 14.3. The quantitative estimate of drug-likeness (QED) is 0.706. The van der Waals surface area contributed by atoms with Crippen LogP contribution in [0.2, 0.25) is 0 Å². The van der Waals surface area contributed by atoms with E-state index in [1.165, 1.54) is 6.08 Å². The van der Waals surface area contributed by atoms with Crippen molar-refractivity contribution in [2.24, 2.45) is 0 Å². The summed E-state index contributed by atoms with van der Waals surface area (Å²) in [5, 5.41) is 13.7. The molecule has 2 aromatic rings. The highest BCUT2D eigenvalue weighted by Crippen LogP contribution is 2.32. The number of fused-ring (bicyclic) bond motifs is 1. The molecule has 0 fully saturated rings. The van der Waals surface area contributed by atoms with Crippen LogP contribution in [0.25, 0.3) is 6.08 Å². The summed E-state index contributed by atoms with van der Waals surface area (Å²) in [7, 11) is 0. The third-order valence-electron chi connectivity index (χ3n) is 3.56. The largest absolute Gasteiger partial charge is 0.454 e. The van der Waals surface area contributed by atoms with Gasteiger partial charge >= 0.3 is 0 Å². The maximum absolute atomic E-state index is 12.0. The summed E-state index contributed by atoms with van der Waals surface area (Å²) in [6.07, 6.45) is 2.91. The number of carbonyl (C=O) groups is 1. The Morgan fingerprint density at radius 3 is 3.04 bits per heavy atom. The fourth-order valence-electron chi connectivity index (χ4n) is 2.35. The van der Waals surface area contributed by atoms with Gasteiger partial charge in [-0.3, -0.25) is 4.79 Å². The Labute approximate surface area is 149 Å². The first-order valence-electron chi connectivity index (χ1n) is 7.87. The lowest BCUT2D eigenvalue weighted by molar-refractivity contribution is -0.117. The molecule has 1 aromatic heterocycles. The Hall–Kier alpha value is -2.35. The van der Waals surface area contributed by atoms with Gasteiger partial charge in [-0.05, 0) is 35.2 Å². The van der Waals surface area contributed by atoms with Gasteiger partial charge in [-0.25, -0.2) is 0 Å². The van der Waals surface area contributed by atoms with Crippen LogP contribution in [0.1, 0.15) is 16.5 Å². The van der Waals surface area contributed by atoms with Crippen molar-refractivity contribution in [3.8, 4) is 11.5 Å². The second-order valence-corrected chi connectivity index (χ2v) is 6.27. The molecule has 25 heavy (non-hydrogen) atoms. The van der Waals surface area contributed by atoms with Crippen molar-refractivity contribution >= 4 is 23.3 Å². The van der Waals surface area contributed by atoms with Crippen LogP contribution in [0.4, 0.5) is 0 Å². The second kappa shape index (κ2) is 8.66. The van der Waals surface area contributed by atoms with Gasteiger partial charge < -0.3 is 24.6 Å². The minimum absolute atomic E-state index is 0.0557. The van der Waals surface area contributed by atoms with Crippen LogP contribution in [0.3, 0.4) is 0 Å². The zero-order valence-electron chi connectivity index (χ0n) is 13.5. The predicted molar refractivity (Wildman–Crippen MR) is 94.7 cm³/mol. The molecule has 3 rings (SSSR count). The molecule has 7 heteroatoms. The van der Waals surface area contributed by atoms with Crippen LogP contribution in [0, 0.1) is 0 Å². The molecule has 1 aromatic carbocycles. The second-order valence-electron chi connectivity index (χ2n) is 5.29. The number of aliphatic hydroxyl groups excluding tert-OH is 1. The molecule has 0 spiro atoms. The Kier molecular flexibility index (Phi) is 6.05. The lowest BCUT2D eigenvalue weighted by Crippen LogP contribution is -2.28. The molecule has 1 amide bonds. The number of benzene rings is 1. The summed E-state index contributed by atoms with van der Waals surface area (Å²) in [6, 6.07) is 9.37. The Bertz CT molecular complexity index is 729. The molecule has 0 radical (unpaired) electrons. The zero-order chi connectivity index (χ0) is 17.5. The molecule has 0 bridgehead atoms. The topological polar surface area (TPSA) is 77.0 Å². The highest BCUT2D eigenvalue weighted by atomic mass is 32.1. The molecule has 0 aliphatic carbocycles. The van der Waals surface area contributed by atoms with E-state index in [1.807, 2.05) is 35.7 Å². The monoisotopic (exact) mass is 361 g/mol. The first-order chi connectivity index (χ1) is 12.3. The van der Waals surface area contributed by atoms with Gasteiger partial charge in [0.2, 0.25) is 12.7 Å². The summed E-state index contributed by atoms with van der Waals surface area (Å²) >= 11 is 1.55. The first-order valence-corrected chi connectivity index (χ1v) is 8.75. The number of carbonyl (C=O) groups excluding carboxylic acids is 1. The summed E-state index contributed by atoms with van der Waals surface area (Å²) in [5.74, 6) is 1.17. The van der Waals surface area contributed by atoms with Crippen LogP contribution in [0.5, 0.6) is 11.5 Å². The first kappa shape index (κ1) is 17.5. The van der Waals surface area contributed by atoms with E-state index < -0.39 is 0 Å². The standard InChI is InChI=1S/C18H19NO5S/c20-7-8-22-16(17-2-1-9-25-17)11-19-18(21)6-4-13-3-5-14-15(10-13)24-12-23-14/h1-6,9-10,16,20H,7-8,11-12H2,(H,19,21). The Morgan fingerprint density at radius 2 is 2.24 bits per heavy atom. The molecule has 0 saturated carbocycles. The van der Waals surface area contributed by atoms with E-state index in [9.17, 15) is 4.79 Å². The number of thiophene rings is 1. The van der Waals surface area contributed by atoms with Crippen LogP contribution in [0.15, 0.2) is 41.8 Å². The fourth-order valence-corrected chi connectivity index (χ4v) is 3.13. The van der Waals surface area contributed by atoms with Gasteiger partial charge in [-0.1, -0.05) is 12.1 Å². The molecular weight excluding hydrogens is 342 g/mol. The van der Waals surface area contributed by atoms with Gasteiger partial charge in [-0.15, -0.1) is 11.3 Å². The number of hydrogen-bond donors (Lipinski definition) is 2. The smallest absolute Gasteiger partial charge is 0.244 e. The molecule has 132 valence electrons. The fraction of sp³-hybridized carbons (Fsp3) is 0.278. The van der Waals surface area contributed by atoms with Gasteiger partial charge in [-0.2, -0.15) is 0 Å². The Morgan fingerprint density at radius 1 is 1.36 bits per heavy atom. The van der Waals surface area contributed by atoms with E-state index in [0.717, 1.165) is 10.4 Å². The van der Waals surface area contributed by atoms with Crippen molar-refractivity contribution in [3.05, 3.63) is 52.2 Å².